The highest BCUT2D eigenvalue weighted by Gasteiger charge is 2.10. The maximum Gasteiger partial charge on any atom is 0.255 e. The van der Waals surface area contributed by atoms with Crippen LogP contribution in [0.3, 0.4) is 0 Å². The van der Waals surface area contributed by atoms with E-state index in [1.54, 1.807) is 25.1 Å². The number of hydrogen-bond donors (Lipinski definition) is 1. The predicted octanol–water partition coefficient (Wildman–Crippen LogP) is 4.51. The molecular weight excluding hydrogens is 276 g/mol. The van der Waals surface area contributed by atoms with Crippen molar-refractivity contribution in [1.29, 1.82) is 0 Å². The second-order valence-corrected chi connectivity index (χ2v) is 5.65. The molecule has 0 bridgehead atoms. The van der Waals surface area contributed by atoms with Crippen molar-refractivity contribution in [3.8, 4) is 0 Å². The zero-order valence-electron chi connectivity index (χ0n) is 12.9. The fraction of sp³-hybridized carbons (Fsp3) is 0.222. The van der Waals surface area contributed by atoms with E-state index in [-0.39, 0.29) is 5.91 Å². The van der Waals surface area contributed by atoms with Gasteiger partial charge in [0.1, 0.15) is 5.52 Å². The molecule has 0 aliphatic heterocycles. The van der Waals surface area contributed by atoms with Gasteiger partial charge in [0, 0.05) is 18.2 Å². The Hall–Kier alpha value is -2.62. The SMILES string of the molecule is Cc1nc2cc(C(=O)Nc3ccc(C(C)C)cc3)ccc2o1. The molecule has 1 N–H and O–H groups in total. The monoisotopic (exact) mass is 294 g/mol. The van der Waals surface area contributed by atoms with Gasteiger partial charge in [-0.15, -0.1) is 0 Å². The van der Waals surface area contributed by atoms with E-state index in [4.69, 9.17) is 4.42 Å². The van der Waals surface area contributed by atoms with E-state index < -0.39 is 0 Å². The molecular formula is C18H18N2O2. The van der Waals surface area contributed by atoms with Gasteiger partial charge >= 0.3 is 0 Å². The number of amides is 1. The van der Waals surface area contributed by atoms with Crippen LogP contribution in [0.4, 0.5) is 5.69 Å². The average Bonchev–Trinajstić information content (AvgIpc) is 2.86. The zero-order chi connectivity index (χ0) is 15.7. The Morgan fingerprint density at radius 2 is 1.86 bits per heavy atom. The normalized spacial score (nSPS) is 11.1. The van der Waals surface area contributed by atoms with Gasteiger partial charge in [0.25, 0.3) is 5.91 Å². The number of aromatic nitrogens is 1. The van der Waals surface area contributed by atoms with Crippen molar-refractivity contribution in [2.75, 3.05) is 5.32 Å². The van der Waals surface area contributed by atoms with Crippen molar-refractivity contribution in [2.45, 2.75) is 26.7 Å². The summed E-state index contributed by atoms with van der Waals surface area (Å²) in [5.74, 6) is 0.916. The molecule has 4 nitrogen and oxygen atoms in total. The van der Waals surface area contributed by atoms with E-state index in [1.807, 2.05) is 24.3 Å². The molecule has 0 atom stereocenters. The molecule has 0 fully saturated rings. The lowest BCUT2D eigenvalue weighted by Gasteiger charge is -2.08. The topological polar surface area (TPSA) is 55.1 Å². The van der Waals surface area contributed by atoms with Gasteiger partial charge in [-0.05, 0) is 41.8 Å². The Morgan fingerprint density at radius 1 is 1.14 bits per heavy atom. The largest absolute Gasteiger partial charge is 0.441 e. The van der Waals surface area contributed by atoms with Crippen molar-refractivity contribution >= 4 is 22.7 Å². The van der Waals surface area contributed by atoms with E-state index >= 15 is 0 Å². The summed E-state index contributed by atoms with van der Waals surface area (Å²) in [6.07, 6.45) is 0. The number of aryl methyl sites for hydroxylation is 1. The highest BCUT2D eigenvalue weighted by molar-refractivity contribution is 6.05. The third kappa shape index (κ3) is 2.86. The first kappa shape index (κ1) is 14.3. The van der Waals surface area contributed by atoms with Crippen LogP contribution >= 0.6 is 0 Å². The number of oxazole rings is 1. The molecule has 0 aliphatic carbocycles. The van der Waals surface area contributed by atoms with Crippen molar-refractivity contribution < 1.29 is 9.21 Å². The fourth-order valence-electron chi connectivity index (χ4n) is 2.34. The lowest BCUT2D eigenvalue weighted by atomic mass is 10.0. The lowest BCUT2D eigenvalue weighted by Crippen LogP contribution is -2.11. The minimum atomic E-state index is -0.153. The summed E-state index contributed by atoms with van der Waals surface area (Å²) in [7, 11) is 0. The summed E-state index contributed by atoms with van der Waals surface area (Å²) in [6.45, 7) is 6.07. The molecule has 1 heterocycles. The number of nitrogens with zero attached hydrogens (tertiary/aromatic N) is 1. The second-order valence-electron chi connectivity index (χ2n) is 5.65. The smallest absolute Gasteiger partial charge is 0.255 e. The van der Waals surface area contributed by atoms with Gasteiger partial charge in [-0.3, -0.25) is 4.79 Å². The van der Waals surface area contributed by atoms with Crippen molar-refractivity contribution in [2.24, 2.45) is 0 Å². The van der Waals surface area contributed by atoms with Crippen LogP contribution in [-0.2, 0) is 0 Å². The molecule has 3 rings (SSSR count). The number of hydrogen-bond acceptors (Lipinski definition) is 3. The maximum absolute atomic E-state index is 12.3. The molecule has 0 saturated heterocycles. The standard InChI is InChI=1S/C18H18N2O2/c1-11(2)13-4-7-15(8-5-13)20-18(21)14-6-9-17-16(10-14)19-12(3)22-17/h4-11H,1-3H3,(H,20,21). The molecule has 3 aromatic rings. The van der Waals surface area contributed by atoms with Crippen LogP contribution in [0, 0.1) is 6.92 Å². The van der Waals surface area contributed by atoms with E-state index in [2.05, 4.69) is 24.1 Å². The Labute approximate surface area is 129 Å². The maximum atomic E-state index is 12.3. The first-order valence-corrected chi connectivity index (χ1v) is 7.31. The summed E-state index contributed by atoms with van der Waals surface area (Å²) in [5, 5.41) is 2.90. The van der Waals surface area contributed by atoms with Gasteiger partial charge < -0.3 is 9.73 Å². The predicted molar refractivity (Wildman–Crippen MR) is 87.2 cm³/mol. The van der Waals surface area contributed by atoms with Crippen LogP contribution in [0.15, 0.2) is 46.9 Å². The quantitative estimate of drug-likeness (QED) is 0.773. The molecule has 22 heavy (non-hydrogen) atoms. The summed E-state index contributed by atoms with van der Waals surface area (Å²) >= 11 is 0. The first-order chi connectivity index (χ1) is 10.5. The summed E-state index contributed by atoms with van der Waals surface area (Å²) in [5.41, 5.74) is 3.98. The number of anilines is 1. The first-order valence-electron chi connectivity index (χ1n) is 7.31. The minimum absolute atomic E-state index is 0.153. The van der Waals surface area contributed by atoms with Crippen molar-refractivity contribution in [3.63, 3.8) is 0 Å². The number of fused-ring (bicyclic) bond motifs is 1. The summed E-state index contributed by atoms with van der Waals surface area (Å²) < 4.78 is 5.41. The molecule has 4 heteroatoms. The van der Waals surface area contributed by atoms with Gasteiger partial charge in [-0.2, -0.15) is 0 Å². The number of nitrogens with one attached hydrogen (secondary N) is 1. The molecule has 0 radical (unpaired) electrons. The van der Waals surface area contributed by atoms with Gasteiger partial charge in [-0.25, -0.2) is 4.98 Å². The van der Waals surface area contributed by atoms with Crippen LogP contribution in [0.1, 0.15) is 41.6 Å². The summed E-state index contributed by atoms with van der Waals surface area (Å²) in [6, 6.07) is 13.2. The van der Waals surface area contributed by atoms with Gasteiger partial charge in [-0.1, -0.05) is 26.0 Å². The Bertz CT molecular complexity index is 817. The summed E-state index contributed by atoms with van der Waals surface area (Å²) in [4.78, 5) is 16.6. The molecule has 0 spiro atoms. The number of rotatable bonds is 3. The van der Waals surface area contributed by atoms with Crippen LogP contribution in [0.2, 0.25) is 0 Å². The van der Waals surface area contributed by atoms with Crippen molar-refractivity contribution in [3.05, 3.63) is 59.5 Å². The van der Waals surface area contributed by atoms with Crippen LogP contribution in [-0.4, -0.2) is 10.9 Å². The Kier molecular flexibility index (Phi) is 3.67. The third-order valence-corrected chi connectivity index (χ3v) is 3.59. The molecule has 112 valence electrons. The highest BCUT2D eigenvalue weighted by Crippen LogP contribution is 2.20. The van der Waals surface area contributed by atoms with Gasteiger partial charge in [0.05, 0.1) is 0 Å². The van der Waals surface area contributed by atoms with Gasteiger partial charge in [0.2, 0.25) is 0 Å². The van der Waals surface area contributed by atoms with E-state index in [0.29, 0.717) is 28.5 Å². The highest BCUT2D eigenvalue weighted by atomic mass is 16.3. The molecule has 1 aromatic heterocycles. The molecule has 1 amide bonds. The molecule has 2 aromatic carbocycles. The van der Waals surface area contributed by atoms with Crippen molar-refractivity contribution in [1.82, 2.24) is 4.98 Å². The molecule has 0 unspecified atom stereocenters. The van der Waals surface area contributed by atoms with Gasteiger partial charge in [0.15, 0.2) is 11.5 Å². The minimum Gasteiger partial charge on any atom is -0.441 e. The molecule has 0 saturated carbocycles. The van der Waals surface area contributed by atoms with Crippen LogP contribution in [0.25, 0.3) is 11.1 Å². The zero-order valence-corrected chi connectivity index (χ0v) is 12.9. The number of benzene rings is 2. The fourth-order valence-corrected chi connectivity index (χ4v) is 2.34. The van der Waals surface area contributed by atoms with E-state index in [0.717, 1.165) is 5.69 Å². The number of carbonyl (C=O) groups is 1. The van der Waals surface area contributed by atoms with Crippen LogP contribution in [0.5, 0.6) is 0 Å². The Balaban J connectivity index is 1.80. The van der Waals surface area contributed by atoms with Crippen LogP contribution < -0.4 is 5.32 Å². The van der Waals surface area contributed by atoms with E-state index in [1.165, 1.54) is 5.56 Å². The molecule has 0 aliphatic rings. The number of carbonyl (C=O) groups excluding carboxylic acids is 1. The van der Waals surface area contributed by atoms with E-state index in [9.17, 15) is 4.79 Å². The third-order valence-electron chi connectivity index (χ3n) is 3.59. The second kappa shape index (κ2) is 5.64. The lowest BCUT2D eigenvalue weighted by molar-refractivity contribution is 0.102. The Morgan fingerprint density at radius 3 is 2.55 bits per heavy atom. The average molecular weight is 294 g/mol.